The van der Waals surface area contributed by atoms with Gasteiger partial charge in [0.25, 0.3) is 0 Å². The molecular weight excluding hydrogens is 256 g/mol. The summed E-state index contributed by atoms with van der Waals surface area (Å²) in [5.74, 6) is 0.775. The molecule has 1 amide bonds. The highest BCUT2D eigenvalue weighted by atomic mass is 16.5. The minimum atomic E-state index is -0.0451. The van der Waals surface area contributed by atoms with Crippen molar-refractivity contribution in [2.24, 2.45) is 0 Å². The van der Waals surface area contributed by atoms with E-state index in [0.717, 1.165) is 11.3 Å². The lowest BCUT2D eigenvalue weighted by molar-refractivity contribution is -0.121. The Morgan fingerprint density at radius 3 is 2.60 bits per heavy atom. The molecule has 0 aliphatic heterocycles. The molecule has 112 valence electrons. The summed E-state index contributed by atoms with van der Waals surface area (Å²) in [6, 6.07) is 7.83. The zero-order chi connectivity index (χ0) is 15.0. The highest BCUT2D eigenvalue weighted by molar-refractivity contribution is 5.78. The van der Waals surface area contributed by atoms with Crippen molar-refractivity contribution in [1.29, 1.82) is 0 Å². The Hall–Kier alpha value is -1.59. The molecule has 0 saturated carbocycles. The second-order valence-corrected chi connectivity index (χ2v) is 4.77. The first kappa shape index (κ1) is 16.5. The van der Waals surface area contributed by atoms with E-state index >= 15 is 0 Å². The maximum atomic E-state index is 11.8. The van der Waals surface area contributed by atoms with Crippen molar-refractivity contribution < 1.29 is 14.3 Å². The van der Waals surface area contributed by atoms with Gasteiger partial charge in [0.2, 0.25) is 5.91 Å². The van der Waals surface area contributed by atoms with E-state index in [1.54, 1.807) is 14.2 Å². The lowest BCUT2D eigenvalue weighted by atomic mass is 10.1. The third kappa shape index (κ3) is 5.19. The zero-order valence-electron chi connectivity index (χ0n) is 12.6. The number of benzene rings is 1. The summed E-state index contributed by atoms with van der Waals surface area (Å²) in [7, 11) is 3.26. The molecule has 0 saturated heterocycles. The fourth-order valence-corrected chi connectivity index (χ4v) is 2.00. The number of amides is 1. The van der Waals surface area contributed by atoms with Crippen molar-refractivity contribution in [2.75, 3.05) is 27.4 Å². The maximum Gasteiger partial charge on any atom is 0.234 e. The van der Waals surface area contributed by atoms with Crippen molar-refractivity contribution in [3.05, 3.63) is 29.8 Å². The Bertz CT molecular complexity index is 423. The zero-order valence-corrected chi connectivity index (χ0v) is 12.6. The predicted molar refractivity (Wildman–Crippen MR) is 78.9 cm³/mol. The fraction of sp³-hybridized carbons (Fsp3) is 0.533. The molecule has 0 radical (unpaired) electrons. The lowest BCUT2D eigenvalue weighted by Gasteiger charge is -2.18. The number of carbonyl (C=O) groups is 1. The van der Waals surface area contributed by atoms with Crippen LogP contribution in [0.3, 0.4) is 0 Å². The topological polar surface area (TPSA) is 59.6 Å². The molecule has 5 heteroatoms. The van der Waals surface area contributed by atoms with E-state index in [9.17, 15) is 4.79 Å². The number of methoxy groups -OCH3 is 2. The second kappa shape index (κ2) is 8.55. The van der Waals surface area contributed by atoms with Crippen molar-refractivity contribution in [1.82, 2.24) is 10.6 Å². The van der Waals surface area contributed by atoms with Crippen molar-refractivity contribution in [3.8, 4) is 5.75 Å². The summed E-state index contributed by atoms with van der Waals surface area (Å²) in [5.41, 5.74) is 1.03. The quantitative estimate of drug-likeness (QED) is 0.757. The Balaban J connectivity index is 2.46. The standard InChI is InChI=1S/C15H24N2O3/c1-11(10-19-3)17-15(18)9-16-12(2)13-7-5-6-8-14(13)20-4/h5-8,11-12,16H,9-10H2,1-4H3,(H,17,18)/t11?,12-/m0/s1. The van der Waals surface area contributed by atoms with Gasteiger partial charge >= 0.3 is 0 Å². The Morgan fingerprint density at radius 1 is 1.25 bits per heavy atom. The van der Waals surface area contributed by atoms with Gasteiger partial charge < -0.3 is 20.1 Å². The maximum absolute atomic E-state index is 11.8. The van der Waals surface area contributed by atoms with Gasteiger partial charge in [-0.15, -0.1) is 0 Å². The minimum absolute atomic E-state index is 0.0101. The average Bonchev–Trinajstić information content (AvgIpc) is 2.44. The van der Waals surface area contributed by atoms with Crippen LogP contribution in [0.15, 0.2) is 24.3 Å². The van der Waals surface area contributed by atoms with E-state index in [-0.39, 0.29) is 24.5 Å². The molecule has 0 aliphatic carbocycles. The highest BCUT2D eigenvalue weighted by Crippen LogP contribution is 2.23. The highest BCUT2D eigenvalue weighted by Gasteiger charge is 2.12. The molecular formula is C15H24N2O3. The number of rotatable bonds is 8. The van der Waals surface area contributed by atoms with E-state index in [1.165, 1.54) is 0 Å². The SMILES string of the molecule is COCC(C)NC(=O)CN[C@@H](C)c1ccccc1OC. The van der Waals surface area contributed by atoms with Gasteiger partial charge in [0.1, 0.15) is 5.75 Å². The normalized spacial score (nSPS) is 13.6. The number of hydrogen-bond acceptors (Lipinski definition) is 4. The Labute approximate surface area is 120 Å². The van der Waals surface area contributed by atoms with Crippen LogP contribution in [0, 0.1) is 0 Å². The van der Waals surface area contributed by atoms with Crippen LogP contribution < -0.4 is 15.4 Å². The van der Waals surface area contributed by atoms with Gasteiger partial charge in [-0.2, -0.15) is 0 Å². The summed E-state index contributed by atoms with van der Waals surface area (Å²) < 4.78 is 10.3. The van der Waals surface area contributed by atoms with Gasteiger partial charge in [0, 0.05) is 24.8 Å². The Kier molecular flexibility index (Phi) is 7.04. The van der Waals surface area contributed by atoms with Crippen LogP contribution in [0.25, 0.3) is 0 Å². The van der Waals surface area contributed by atoms with E-state index in [4.69, 9.17) is 9.47 Å². The summed E-state index contributed by atoms with van der Waals surface area (Å²) in [5, 5.41) is 6.05. The van der Waals surface area contributed by atoms with Crippen LogP contribution in [0.1, 0.15) is 25.5 Å². The fourth-order valence-electron chi connectivity index (χ4n) is 2.00. The van der Waals surface area contributed by atoms with Crippen LogP contribution >= 0.6 is 0 Å². The van der Waals surface area contributed by atoms with Crippen LogP contribution in [0.2, 0.25) is 0 Å². The van der Waals surface area contributed by atoms with Crippen molar-refractivity contribution in [2.45, 2.75) is 25.9 Å². The molecule has 1 aromatic carbocycles. The minimum Gasteiger partial charge on any atom is -0.496 e. The molecule has 2 N–H and O–H groups in total. The third-order valence-corrected chi connectivity index (χ3v) is 3.00. The molecule has 1 aromatic rings. The van der Waals surface area contributed by atoms with Gasteiger partial charge in [0.05, 0.1) is 20.3 Å². The summed E-state index contributed by atoms with van der Waals surface area (Å²) in [6.07, 6.45) is 0. The molecule has 1 rings (SSSR count). The lowest BCUT2D eigenvalue weighted by Crippen LogP contribution is -2.41. The van der Waals surface area contributed by atoms with E-state index < -0.39 is 0 Å². The second-order valence-electron chi connectivity index (χ2n) is 4.77. The number of hydrogen-bond donors (Lipinski definition) is 2. The molecule has 0 aliphatic rings. The van der Waals surface area contributed by atoms with Crippen LogP contribution in [0.4, 0.5) is 0 Å². The molecule has 2 atom stereocenters. The number of ether oxygens (including phenoxy) is 2. The van der Waals surface area contributed by atoms with Gasteiger partial charge in [-0.05, 0) is 19.9 Å². The van der Waals surface area contributed by atoms with Crippen LogP contribution in [0.5, 0.6) is 5.75 Å². The van der Waals surface area contributed by atoms with Crippen molar-refractivity contribution in [3.63, 3.8) is 0 Å². The first-order valence-corrected chi connectivity index (χ1v) is 6.73. The summed E-state index contributed by atoms with van der Waals surface area (Å²) in [4.78, 5) is 11.8. The molecule has 0 bridgehead atoms. The Morgan fingerprint density at radius 2 is 1.95 bits per heavy atom. The number of nitrogens with one attached hydrogen (secondary N) is 2. The molecule has 0 aromatic heterocycles. The van der Waals surface area contributed by atoms with E-state index in [0.29, 0.717) is 6.61 Å². The average molecular weight is 280 g/mol. The first-order valence-electron chi connectivity index (χ1n) is 6.73. The monoisotopic (exact) mass is 280 g/mol. The van der Waals surface area contributed by atoms with E-state index in [1.807, 2.05) is 38.1 Å². The number of carbonyl (C=O) groups excluding carboxylic acids is 1. The van der Waals surface area contributed by atoms with E-state index in [2.05, 4.69) is 10.6 Å². The van der Waals surface area contributed by atoms with Gasteiger partial charge in [-0.3, -0.25) is 4.79 Å². The molecule has 0 spiro atoms. The molecule has 0 heterocycles. The molecule has 5 nitrogen and oxygen atoms in total. The molecule has 1 unspecified atom stereocenters. The molecule has 0 fully saturated rings. The predicted octanol–water partition coefficient (Wildman–Crippen LogP) is 1.50. The molecule has 20 heavy (non-hydrogen) atoms. The van der Waals surface area contributed by atoms with Crippen LogP contribution in [-0.2, 0) is 9.53 Å². The third-order valence-electron chi connectivity index (χ3n) is 3.00. The number of para-hydroxylation sites is 1. The van der Waals surface area contributed by atoms with Gasteiger partial charge in [-0.1, -0.05) is 18.2 Å². The first-order chi connectivity index (χ1) is 9.58. The largest absolute Gasteiger partial charge is 0.496 e. The van der Waals surface area contributed by atoms with Crippen molar-refractivity contribution >= 4 is 5.91 Å². The summed E-state index contributed by atoms with van der Waals surface area (Å²) >= 11 is 0. The van der Waals surface area contributed by atoms with Gasteiger partial charge in [0.15, 0.2) is 0 Å². The van der Waals surface area contributed by atoms with Gasteiger partial charge in [-0.25, -0.2) is 0 Å². The smallest absolute Gasteiger partial charge is 0.234 e. The summed E-state index contributed by atoms with van der Waals surface area (Å²) in [6.45, 7) is 4.68. The van der Waals surface area contributed by atoms with Crippen LogP contribution in [-0.4, -0.2) is 39.3 Å².